The van der Waals surface area contributed by atoms with Crippen molar-refractivity contribution >= 4 is 11.9 Å². The number of fused-ring (bicyclic) bond motifs is 1. The highest BCUT2D eigenvalue weighted by molar-refractivity contribution is 5.86. The quantitative estimate of drug-likeness (QED) is 0.235. The maximum Gasteiger partial charge on any atom is 0.338 e. The Morgan fingerprint density at radius 3 is 2.41 bits per heavy atom. The molecule has 3 aliphatic carbocycles. The van der Waals surface area contributed by atoms with Crippen LogP contribution in [-0.4, -0.2) is 79.7 Å². The van der Waals surface area contributed by atoms with E-state index in [-0.39, 0.29) is 19.4 Å². The number of cyclic esters (lactones) is 1. The number of hydrogen-bond donors (Lipinski definition) is 5. The number of rotatable bonds is 0. The normalized spacial score (nSPS) is 58.3. The Kier molecular flexibility index (Phi) is 3.49. The average molecular weight is 410 g/mol. The van der Waals surface area contributed by atoms with E-state index in [4.69, 9.17) is 9.47 Å². The summed E-state index contributed by atoms with van der Waals surface area (Å²) in [6.45, 7) is 4.48. The van der Waals surface area contributed by atoms with Gasteiger partial charge in [-0.05, 0) is 13.3 Å². The average Bonchev–Trinajstić information content (AvgIpc) is 2.79. The van der Waals surface area contributed by atoms with Gasteiger partial charge in [-0.2, -0.15) is 0 Å². The van der Waals surface area contributed by atoms with Crippen molar-refractivity contribution in [2.24, 2.45) is 22.7 Å². The summed E-state index contributed by atoms with van der Waals surface area (Å²) in [6, 6.07) is 0. The summed E-state index contributed by atoms with van der Waals surface area (Å²) < 4.78 is 10.8. The van der Waals surface area contributed by atoms with E-state index in [0.717, 1.165) is 5.57 Å². The molecule has 2 heterocycles. The molecule has 29 heavy (non-hydrogen) atoms. The molecule has 0 aromatic heterocycles. The van der Waals surface area contributed by atoms with Crippen molar-refractivity contribution in [3.63, 3.8) is 0 Å². The zero-order valence-electron chi connectivity index (χ0n) is 16.5. The Morgan fingerprint density at radius 1 is 1.10 bits per heavy atom. The predicted molar refractivity (Wildman–Crippen MR) is 93.9 cm³/mol. The first-order chi connectivity index (χ1) is 13.4. The van der Waals surface area contributed by atoms with Crippen LogP contribution in [0.5, 0.6) is 0 Å². The van der Waals surface area contributed by atoms with Crippen LogP contribution < -0.4 is 0 Å². The minimum Gasteiger partial charge on any atom is -0.463 e. The monoisotopic (exact) mass is 410 g/mol. The van der Waals surface area contributed by atoms with Crippen LogP contribution in [0.25, 0.3) is 0 Å². The number of aliphatic hydroxyl groups excluding tert-OH is 3. The van der Waals surface area contributed by atoms with Gasteiger partial charge in [0.2, 0.25) is 0 Å². The van der Waals surface area contributed by atoms with Crippen molar-refractivity contribution in [2.75, 3.05) is 6.61 Å². The number of aliphatic hydroxyl groups is 5. The van der Waals surface area contributed by atoms with E-state index in [1.807, 2.05) is 0 Å². The first kappa shape index (κ1) is 19.4. The lowest BCUT2D eigenvalue weighted by Gasteiger charge is -2.65. The highest BCUT2D eigenvalue weighted by atomic mass is 16.6. The first-order valence-electron chi connectivity index (χ1n) is 9.95. The maximum atomic E-state index is 12.9. The van der Waals surface area contributed by atoms with Crippen LogP contribution in [0.4, 0.5) is 0 Å². The molecule has 2 saturated heterocycles. The van der Waals surface area contributed by atoms with Gasteiger partial charge in [0.25, 0.3) is 0 Å². The second-order valence-electron chi connectivity index (χ2n) is 9.71. The molecule has 2 aliphatic heterocycles. The van der Waals surface area contributed by atoms with Gasteiger partial charge in [0.05, 0.1) is 17.6 Å². The molecule has 5 N–H and O–H groups in total. The standard InChI is InChI=1S/C20H26O9/c1-7-4-10(21)12(22)17(3)9(7)5-11-18-6-28-16(25)19(26,15(17)18)8(2)20(18,27)13(23)14(24)29-11/h8,10-13,15,21-23,26-27H,4-6H2,1-3H3/t8-,10-,11+,12+,13-,15?,17+,18+,19+,20-/m0/s1. The molecule has 0 aromatic rings. The number of carbonyl (C=O) groups is 2. The van der Waals surface area contributed by atoms with Crippen molar-refractivity contribution in [3.05, 3.63) is 11.1 Å². The zero-order valence-corrected chi connectivity index (χ0v) is 16.5. The minimum absolute atomic E-state index is 0.143. The summed E-state index contributed by atoms with van der Waals surface area (Å²) in [4.78, 5) is 25.3. The maximum absolute atomic E-state index is 12.9. The van der Waals surface area contributed by atoms with Gasteiger partial charge in [-0.15, -0.1) is 0 Å². The van der Waals surface area contributed by atoms with Crippen molar-refractivity contribution in [2.45, 2.75) is 69.2 Å². The lowest BCUT2D eigenvalue weighted by Crippen LogP contribution is -2.76. The summed E-state index contributed by atoms with van der Waals surface area (Å²) in [5.41, 5.74) is -5.86. The van der Waals surface area contributed by atoms with Crippen LogP contribution in [0.1, 0.15) is 33.6 Å². The first-order valence-corrected chi connectivity index (χ1v) is 9.95. The van der Waals surface area contributed by atoms with Gasteiger partial charge in [0, 0.05) is 23.7 Å². The fourth-order valence-electron chi connectivity index (χ4n) is 7.65. The Labute approximate surface area is 166 Å². The third-order valence-electron chi connectivity index (χ3n) is 8.91. The molecule has 10 atom stereocenters. The molecular formula is C20H26O9. The van der Waals surface area contributed by atoms with E-state index in [1.165, 1.54) is 6.92 Å². The Morgan fingerprint density at radius 2 is 1.76 bits per heavy atom. The molecular weight excluding hydrogens is 384 g/mol. The largest absolute Gasteiger partial charge is 0.463 e. The number of hydrogen-bond acceptors (Lipinski definition) is 9. The minimum atomic E-state index is -2.29. The molecule has 0 radical (unpaired) electrons. The van der Waals surface area contributed by atoms with Crippen molar-refractivity contribution < 1.29 is 44.6 Å². The molecule has 2 bridgehead atoms. The van der Waals surface area contributed by atoms with Gasteiger partial charge in [0.15, 0.2) is 11.7 Å². The zero-order chi connectivity index (χ0) is 21.3. The molecule has 0 amide bonds. The molecule has 2 saturated carbocycles. The summed E-state index contributed by atoms with van der Waals surface area (Å²) in [5, 5.41) is 55.9. The number of esters is 2. The van der Waals surface area contributed by atoms with Gasteiger partial charge < -0.3 is 35.0 Å². The van der Waals surface area contributed by atoms with Crippen LogP contribution >= 0.6 is 0 Å². The fourth-order valence-corrected chi connectivity index (χ4v) is 7.65. The van der Waals surface area contributed by atoms with Gasteiger partial charge in [-0.3, -0.25) is 0 Å². The summed E-state index contributed by atoms with van der Waals surface area (Å²) in [7, 11) is 0. The van der Waals surface area contributed by atoms with Crippen LogP contribution in [0.2, 0.25) is 0 Å². The Hall–Kier alpha value is -1.52. The van der Waals surface area contributed by atoms with Gasteiger partial charge in [-0.25, -0.2) is 9.59 Å². The van der Waals surface area contributed by atoms with Crippen LogP contribution in [0, 0.1) is 22.7 Å². The van der Waals surface area contributed by atoms with Gasteiger partial charge >= 0.3 is 11.9 Å². The summed E-state index contributed by atoms with van der Waals surface area (Å²) in [6.07, 6.45) is -5.05. The predicted octanol–water partition coefficient (Wildman–Crippen LogP) is -1.60. The van der Waals surface area contributed by atoms with Crippen LogP contribution in [0.3, 0.4) is 0 Å². The highest BCUT2D eigenvalue weighted by Gasteiger charge is 2.89. The molecule has 160 valence electrons. The van der Waals surface area contributed by atoms with Gasteiger partial charge in [0.1, 0.15) is 18.3 Å². The topological polar surface area (TPSA) is 154 Å². The SMILES string of the molecule is CC1=C2C[C@H]3OC(=O)[C@H](O)[C@@]4(O)[C@@H](C)[C@]5(O)C(=O)OC[C@]34C5[C@@]2(C)[C@H](O)[C@@H](O)C1. The molecule has 0 aromatic carbocycles. The van der Waals surface area contributed by atoms with Gasteiger partial charge in [-0.1, -0.05) is 25.0 Å². The lowest BCUT2D eigenvalue weighted by molar-refractivity contribution is -0.294. The van der Waals surface area contributed by atoms with Crippen molar-refractivity contribution in [1.29, 1.82) is 0 Å². The Bertz CT molecular complexity index is 868. The second kappa shape index (κ2) is 5.20. The third-order valence-corrected chi connectivity index (χ3v) is 8.91. The molecule has 1 spiro atoms. The smallest absolute Gasteiger partial charge is 0.338 e. The van der Waals surface area contributed by atoms with Crippen LogP contribution in [0.15, 0.2) is 11.1 Å². The Balaban J connectivity index is 1.88. The molecule has 5 rings (SSSR count). The van der Waals surface area contributed by atoms with E-state index in [1.54, 1.807) is 13.8 Å². The van der Waals surface area contributed by atoms with E-state index < -0.39 is 70.2 Å². The molecule has 5 aliphatic rings. The number of carbonyl (C=O) groups excluding carboxylic acids is 2. The third kappa shape index (κ3) is 1.67. The van der Waals surface area contributed by atoms with Crippen molar-refractivity contribution in [3.8, 4) is 0 Å². The molecule has 1 unspecified atom stereocenters. The highest BCUT2D eigenvalue weighted by Crippen LogP contribution is 2.75. The molecule has 4 fully saturated rings. The van der Waals surface area contributed by atoms with E-state index in [9.17, 15) is 35.1 Å². The van der Waals surface area contributed by atoms with Crippen LogP contribution in [-0.2, 0) is 19.1 Å². The summed E-state index contributed by atoms with van der Waals surface area (Å²) in [5.74, 6) is -4.41. The summed E-state index contributed by atoms with van der Waals surface area (Å²) >= 11 is 0. The van der Waals surface area contributed by atoms with Crippen molar-refractivity contribution in [1.82, 2.24) is 0 Å². The van der Waals surface area contributed by atoms with E-state index in [0.29, 0.717) is 5.57 Å². The van der Waals surface area contributed by atoms with E-state index >= 15 is 0 Å². The molecule has 9 nitrogen and oxygen atoms in total. The lowest BCUT2D eigenvalue weighted by atomic mass is 9.44. The molecule has 9 heteroatoms. The second-order valence-corrected chi connectivity index (χ2v) is 9.71. The number of ether oxygens (including phenoxy) is 2. The van der Waals surface area contributed by atoms with E-state index in [2.05, 4.69) is 0 Å². The fraction of sp³-hybridized carbons (Fsp3) is 0.800.